The lowest BCUT2D eigenvalue weighted by molar-refractivity contribution is 0.0258. The molecule has 1 atom stereocenters. The maximum Gasteiger partial charge on any atom is 0.273 e. The highest BCUT2D eigenvalue weighted by molar-refractivity contribution is 5.92. The molecule has 1 unspecified atom stereocenters. The monoisotopic (exact) mass is 256 g/mol. The third kappa shape index (κ3) is 5.29. The molecule has 0 saturated carbocycles. The number of nitrogens with zero attached hydrogens (tertiary/aromatic N) is 1. The molecule has 1 heterocycles. The molecule has 102 valence electrons. The number of rotatable bonds is 7. The molecule has 2 N–H and O–H groups in total. The first-order chi connectivity index (χ1) is 8.49. The summed E-state index contributed by atoms with van der Waals surface area (Å²) in [6.45, 7) is 6.69. The van der Waals surface area contributed by atoms with Crippen LogP contribution in [0.2, 0.25) is 0 Å². The molecule has 18 heavy (non-hydrogen) atoms. The summed E-state index contributed by atoms with van der Waals surface area (Å²) >= 11 is 0. The maximum absolute atomic E-state index is 11.6. The fraction of sp³-hybridized carbons (Fsp3) is 0.667. The molecular formula is C12H20N2O4. The number of aryl methyl sites for hydroxylation is 1. The maximum atomic E-state index is 11.6. The second-order valence-corrected chi connectivity index (χ2v) is 4.62. The topological polar surface area (TPSA) is 84.6 Å². The first kappa shape index (κ1) is 14.7. The molecule has 0 aliphatic carbocycles. The predicted octanol–water partition coefficient (Wildman–Crippen LogP) is 0.746. The van der Waals surface area contributed by atoms with Crippen LogP contribution in [0.3, 0.4) is 0 Å². The Hall–Kier alpha value is -1.40. The zero-order chi connectivity index (χ0) is 13.5. The number of hydrogen-bond acceptors (Lipinski definition) is 5. The molecule has 0 fully saturated rings. The molecule has 1 rings (SSSR count). The Morgan fingerprint density at radius 3 is 2.83 bits per heavy atom. The van der Waals surface area contributed by atoms with E-state index in [4.69, 9.17) is 9.26 Å². The number of carbonyl (C=O) groups excluding carboxylic acids is 1. The van der Waals surface area contributed by atoms with Gasteiger partial charge in [-0.15, -0.1) is 0 Å². The summed E-state index contributed by atoms with van der Waals surface area (Å²) in [6, 6.07) is 1.54. The smallest absolute Gasteiger partial charge is 0.273 e. The minimum Gasteiger partial charge on any atom is -0.389 e. The molecular weight excluding hydrogens is 236 g/mol. The van der Waals surface area contributed by atoms with Crippen LogP contribution in [0.25, 0.3) is 0 Å². The van der Waals surface area contributed by atoms with Gasteiger partial charge in [-0.3, -0.25) is 4.79 Å². The molecule has 0 saturated heterocycles. The number of carbonyl (C=O) groups is 1. The second-order valence-electron chi connectivity index (χ2n) is 4.62. The van der Waals surface area contributed by atoms with Crippen LogP contribution in [0.5, 0.6) is 0 Å². The number of amides is 1. The van der Waals surface area contributed by atoms with Gasteiger partial charge in [0.15, 0.2) is 5.69 Å². The Bertz CT molecular complexity index is 376. The van der Waals surface area contributed by atoms with Crippen molar-refractivity contribution in [1.82, 2.24) is 10.5 Å². The van der Waals surface area contributed by atoms with Crippen LogP contribution in [0.1, 0.15) is 30.1 Å². The number of nitrogens with one attached hydrogen (secondary N) is 1. The molecule has 0 bridgehead atoms. The van der Waals surface area contributed by atoms with Crippen molar-refractivity contribution >= 4 is 5.91 Å². The summed E-state index contributed by atoms with van der Waals surface area (Å²) in [4.78, 5) is 11.6. The Labute approximate surface area is 106 Å². The SMILES string of the molecule is Cc1cc(C(=O)NCC(O)COCC(C)C)no1. The number of ether oxygens (including phenoxy) is 1. The second kappa shape index (κ2) is 7.13. The third-order valence-electron chi connectivity index (χ3n) is 2.12. The van der Waals surface area contributed by atoms with Crippen LogP contribution < -0.4 is 5.32 Å². The molecule has 0 radical (unpaired) electrons. The van der Waals surface area contributed by atoms with Gasteiger partial charge < -0.3 is 19.7 Å². The summed E-state index contributed by atoms with van der Waals surface area (Å²) < 4.78 is 10.0. The number of aliphatic hydroxyl groups is 1. The molecule has 0 aromatic carbocycles. The van der Waals surface area contributed by atoms with Gasteiger partial charge in [-0.1, -0.05) is 19.0 Å². The molecule has 6 nitrogen and oxygen atoms in total. The zero-order valence-corrected chi connectivity index (χ0v) is 11.0. The fourth-order valence-corrected chi connectivity index (χ4v) is 1.27. The highest BCUT2D eigenvalue weighted by Gasteiger charge is 2.12. The van der Waals surface area contributed by atoms with Crippen LogP contribution in [-0.2, 0) is 4.74 Å². The van der Waals surface area contributed by atoms with Crippen LogP contribution in [0.15, 0.2) is 10.6 Å². The van der Waals surface area contributed by atoms with E-state index in [1.807, 2.05) is 13.8 Å². The zero-order valence-electron chi connectivity index (χ0n) is 11.0. The third-order valence-corrected chi connectivity index (χ3v) is 2.12. The van der Waals surface area contributed by atoms with Crippen LogP contribution in [0.4, 0.5) is 0 Å². The van der Waals surface area contributed by atoms with Crippen molar-refractivity contribution in [3.8, 4) is 0 Å². The number of hydrogen-bond donors (Lipinski definition) is 2. The van der Waals surface area contributed by atoms with Crippen molar-refractivity contribution in [1.29, 1.82) is 0 Å². The fourth-order valence-electron chi connectivity index (χ4n) is 1.27. The van der Waals surface area contributed by atoms with E-state index in [0.29, 0.717) is 18.3 Å². The van der Waals surface area contributed by atoms with Gasteiger partial charge in [-0.2, -0.15) is 0 Å². The summed E-state index contributed by atoms with van der Waals surface area (Å²) in [5.74, 6) is 0.626. The largest absolute Gasteiger partial charge is 0.389 e. The van der Waals surface area contributed by atoms with Gasteiger partial charge in [-0.25, -0.2) is 0 Å². The molecule has 0 aliphatic heterocycles. The van der Waals surface area contributed by atoms with Crippen molar-refractivity contribution in [2.75, 3.05) is 19.8 Å². The van der Waals surface area contributed by atoms with E-state index in [-0.39, 0.29) is 24.8 Å². The lowest BCUT2D eigenvalue weighted by Gasteiger charge is -2.12. The van der Waals surface area contributed by atoms with Gasteiger partial charge in [0, 0.05) is 19.2 Å². The Morgan fingerprint density at radius 2 is 2.28 bits per heavy atom. The number of aromatic nitrogens is 1. The lowest BCUT2D eigenvalue weighted by Crippen LogP contribution is -2.35. The standard InChI is InChI=1S/C12H20N2O4/c1-8(2)6-17-7-10(15)5-13-12(16)11-4-9(3)18-14-11/h4,8,10,15H,5-7H2,1-3H3,(H,13,16). The number of aliphatic hydroxyl groups excluding tert-OH is 1. The quantitative estimate of drug-likeness (QED) is 0.752. The molecule has 1 aromatic rings. The predicted molar refractivity (Wildman–Crippen MR) is 65.2 cm³/mol. The minimum absolute atomic E-state index is 0.128. The van der Waals surface area contributed by atoms with Crippen molar-refractivity contribution < 1.29 is 19.2 Å². The normalized spacial score (nSPS) is 12.7. The summed E-state index contributed by atoms with van der Waals surface area (Å²) in [5, 5.41) is 15.7. The minimum atomic E-state index is -0.722. The van der Waals surface area contributed by atoms with Crippen molar-refractivity contribution in [3.63, 3.8) is 0 Å². The van der Waals surface area contributed by atoms with E-state index in [1.165, 1.54) is 6.07 Å². The summed E-state index contributed by atoms with van der Waals surface area (Å²) in [7, 11) is 0. The molecule has 0 spiro atoms. The highest BCUT2D eigenvalue weighted by Crippen LogP contribution is 2.01. The Kier molecular flexibility index (Phi) is 5.80. The van der Waals surface area contributed by atoms with Crippen molar-refractivity contribution in [3.05, 3.63) is 17.5 Å². The first-order valence-electron chi connectivity index (χ1n) is 5.96. The summed E-state index contributed by atoms with van der Waals surface area (Å²) in [5.41, 5.74) is 0.211. The van der Waals surface area contributed by atoms with E-state index in [0.717, 1.165) is 0 Å². The van der Waals surface area contributed by atoms with Gasteiger partial charge in [-0.05, 0) is 12.8 Å². The Morgan fingerprint density at radius 1 is 1.56 bits per heavy atom. The van der Waals surface area contributed by atoms with Crippen LogP contribution in [-0.4, -0.2) is 42.0 Å². The van der Waals surface area contributed by atoms with E-state index < -0.39 is 6.10 Å². The average Bonchev–Trinajstić information content (AvgIpc) is 2.72. The van der Waals surface area contributed by atoms with E-state index in [2.05, 4.69) is 10.5 Å². The Balaban J connectivity index is 2.22. The molecule has 1 amide bonds. The summed E-state index contributed by atoms with van der Waals surface area (Å²) in [6.07, 6.45) is -0.722. The van der Waals surface area contributed by atoms with E-state index in [1.54, 1.807) is 6.92 Å². The van der Waals surface area contributed by atoms with Crippen molar-refractivity contribution in [2.45, 2.75) is 26.9 Å². The van der Waals surface area contributed by atoms with E-state index in [9.17, 15) is 9.90 Å². The van der Waals surface area contributed by atoms with Crippen LogP contribution in [0, 0.1) is 12.8 Å². The molecule has 6 heteroatoms. The van der Waals surface area contributed by atoms with Gasteiger partial charge >= 0.3 is 0 Å². The molecule has 1 aromatic heterocycles. The average molecular weight is 256 g/mol. The van der Waals surface area contributed by atoms with Gasteiger partial charge in [0.25, 0.3) is 5.91 Å². The molecule has 0 aliphatic rings. The van der Waals surface area contributed by atoms with Gasteiger partial charge in [0.1, 0.15) is 5.76 Å². The lowest BCUT2D eigenvalue weighted by atomic mass is 10.2. The first-order valence-corrected chi connectivity index (χ1v) is 5.96. The van der Waals surface area contributed by atoms with Gasteiger partial charge in [0.2, 0.25) is 0 Å². The van der Waals surface area contributed by atoms with Crippen LogP contribution >= 0.6 is 0 Å². The van der Waals surface area contributed by atoms with Crippen molar-refractivity contribution in [2.24, 2.45) is 5.92 Å². The highest BCUT2D eigenvalue weighted by atomic mass is 16.5. The van der Waals surface area contributed by atoms with Gasteiger partial charge in [0.05, 0.1) is 12.7 Å². The van der Waals surface area contributed by atoms with E-state index >= 15 is 0 Å².